The summed E-state index contributed by atoms with van der Waals surface area (Å²) in [7, 11) is 1.63. The van der Waals surface area contributed by atoms with E-state index in [1.165, 1.54) is 25.9 Å². The van der Waals surface area contributed by atoms with Gasteiger partial charge < -0.3 is 14.4 Å². The topological polar surface area (TPSA) is 58.4 Å². The molecule has 1 aromatic carbocycles. The summed E-state index contributed by atoms with van der Waals surface area (Å²) in [5.74, 6) is 1.40. The Hall–Kier alpha value is -2.32. The number of hydrogen-bond acceptors (Lipinski definition) is 5. The third kappa shape index (κ3) is 3.44. The standard InChI is InChI=1S/C19H23N3O2/c1-14-15(12-20)13-21-17-11-19(18(23-2)10-16(14)17)24-9-5-8-22-6-3-4-7-22/h10-11,13H,3-9H2,1-2H3. The van der Waals surface area contributed by atoms with Gasteiger partial charge in [0.05, 0.1) is 24.8 Å². The van der Waals surface area contributed by atoms with E-state index in [1.54, 1.807) is 13.3 Å². The second kappa shape index (κ2) is 7.50. The maximum Gasteiger partial charge on any atom is 0.163 e. The molecule has 3 rings (SSSR count). The Labute approximate surface area is 142 Å². The molecule has 1 fully saturated rings. The molecule has 0 saturated carbocycles. The first-order chi connectivity index (χ1) is 11.7. The lowest BCUT2D eigenvalue weighted by molar-refractivity contribution is 0.254. The Bertz CT molecular complexity index is 761. The average Bonchev–Trinajstić information content (AvgIpc) is 3.12. The van der Waals surface area contributed by atoms with Crippen LogP contribution in [-0.2, 0) is 0 Å². The summed E-state index contributed by atoms with van der Waals surface area (Å²) < 4.78 is 11.4. The van der Waals surface area contributed by atoms with Gasteiger partial charge in [-0.15, -0.1) is 0 Å². The fourth-order valence-electron chi connectivity index (χ4n) is 3.19. The number of ether oxygens (including phenoxy) is 2. The molecule has 0 atom stereocenters. The molecule has 0 amide bonds. The van der Waals surface area contributed by atoms with Crippen LogP contribution >= 0.6 is 0 Å². The molecule has 0 unspecified atom stereocenters. The van der Waals surface area contributed by atoms with E-state index in [9.17, 15) is 0 Å². The summed E-state index contributed by atoms with van der Waals surface area (Å²) >= 11 is 0. The fraction of sp³-hybridized carbons (Fsp3) is 0.474. The van der Waals surface area contributed by atoms with Gasteiger partial charge in [-0.3, -0.25) is 4.98 Å². The zero-order chi connectivity index (χ0) is 16.9. The normalized spacial score (nSPS) is 14.7. The van der Waals surface area contributed by atoms with E-state index in [0.29, 0.717) is 23.7 Å². The van der Waals surface area contributed by atoms with E-state index in [0.717, 1.165) is 29.4 Å². The average molecular weight is 325 g/mol. The Kier molecular flexibility index (Phi) is 5.17. The highest BCUT2D eigenvalue weighted by Gasteiger charge is 2.13. The van der Waals surface area contributed by atoms with E-state index >= 15 is 0 Å². The van der Waals surface area contributed by atoms with Crippen molar-refractivity contribution in [2.45, 2.75) is 26.2 Å². The molecule has 1 aromatic heterocycles. The second-order valence-electron chi connectivity index (χ2n) is 6.18. The molecular weight excluding hydrogens is 302 g/mol. The summed E-state index contributed by atoms with van der Waals surface area (Å²) in [6, 6.07) is 5.98. The van der Waals surface area contributed by atoms with Crippen LogP contribution in [0.4, 0.5) is 0 Å². The molecule has 2 heterocycles. The highest BCUT2D eigenvalue weighted by molar-refractivity contribution is 5.87. The number of hydrogen-bond donors (Lipinski definition) is 0. The predicted octanol–water partition coefficient (Wildman–Crippen LogP) is 3.29. The van der Waals surface area contributed by atoms with Crippen LogP contribution in [0, 0.1) is 18.3 Å². The first-order valence-corrected chi connectivity index (χ1v) is 8.45. The molecule has 0 bridgehead atoms. The summed E-state index contributed by atoms with van der Waals surface area (Å²) in [5.41, 5.74) is 2.33. The maximum absolute atomic E-state index is 9.14. The summed E-state index contributed by atoms with van der Waals surface area (Å²) in [5, 5.41) is 10.1. The molecule has 2 aromatic rings. The van der Waals surface area contributed by atoms with Gasteiger partial charge in [-0.1, -0.05) is 0 Å². The van der Waals surface area contributed by atoms with Crippen LogP contribution < -0.4 is 9.47 Å². The van der Waals surface area contributed by atoms with Gasteiger partial charge in [-0.25, -0.2) is 0 Å². The Morgan fingerprint density at radius 1 is 1.25 bits per heavy atom. The number of rotatable bonds is 6. The number of likely N-dealkylation sites (tertiary alicyclic amines) is 1. The van der Waals surface area contributed by atoms with E-state index in [1.807, 2.05) is 19.1 Å². The van der Waals surface area contributed by atoms with E-state index < -0.39 is 0 Å². The zero-order valence-corrected chi connectivity index (χ0v) is 14.3. The fourth-order valence-corrected chi connectivity index (χ4v) is 3.19. The second-order valence-corrected chi connectivity index (χ2v) is 6.18. The third-order valence-electron chi connectivity index (χ3n) is 4.62. The highest BCUT2D eigenvalue weighted by atomic mass is 16.5. The molecule has 0 radical (unpaired) electrons. The quantitative estimate of drug-likeness (QED) is 0.763. The highest BCUT2D eigenvalue weighted by Crippen LogP contribution is 2.33. The molecule has 24 heavy (non-hydrogen) atoms. The molecule has 1 aliphatic rings. The van der Waals surface area contributed by atoms with Crippen molar-refractivity contribution in [3.8, 4) is 17.6 Å². The maximum atomic E-state index is 9.14. The van der Waals surface area contributed by atoms with Crippen molar-refractivity contribution in [1.82, 2.24) is 9.88 Å². The molecule has 5 nitrogen and oxygen atoms in total. The summed E-state index contributed by atoms with van der Waals surface area (Å²) in [6.07, 6.45) is 5.24. The Morgan fingerprint density at radius 3 is 2.75 bits per heavy atom. The van der Waals surface area contributed by atoms with Crippen LogP contribution in [0.5, 0.6) is 11.5 Å². The van der Waals surface area contributed by atoms with Crippen molar-refractivity contribution in [2.75, 3.05) is 33.4 Å². The molecule has 0 spiro atoms. The number of pyridine rings is 1. The molecule has 0 N–H and O–H groups in total. The van der Waals surface area contributed by atoms with Gasteiger partial charge in [0.2, 0.25) is 0 Å². The van der Waals surface area contributed by atoms with Crippen molar-refractivity contribution in [3.63, 3.8) is 0 Å². The molecule has 1 saturated heterocycles. The molecular formula is C19H23N3O2. The van der Waals surface area contributed by atoms with Crippen LogP contribution in [0.3, 0.4) is 0 Å². The largest absolute Gasteiger partial charge is 0.493 e. The van der Waals surface area contributed by atoms with E-state index in [2.05, 4.69) is 16.0 Å². The van der Waals surface area contributed by atoms with Crippen LogP contribution in [-0.4, -0.2) is 43.2 Å². The number of nitrogens with zero attached hydrogens (tertiary/aromatic N) is 3. The van der Waals surface area contributed by atoms with Crippen molar-refractivity contribution in [3.05, 3.63) is 29.5 Å². The third-order valence-corrected chi connectivity index (χ3v) is 4.62. The molecule has 5 heteroatoms. The number of fused-ring (bicyclic) bond motifs is 1. The molecule has 0 aliphatic carbocycles. The number of nitriles is 1. The van der Waals surface area contributed by atoms with Gasteiger partial charge in [0, 0.05) is 24.2 Å². The zero-order valence-electron chi connectivity index (χ0n) is 14.3. The number of aryl methyl sites for hydroxylation is 1. The van der Waals surface area contributed by atoms with Crippen LogP contribution in [0.15, 0.2) is 18.3 Å². The number of aromatic nitrogens is 1. The van der Waals surface area contributed by atoms with Gasteiger partial charge in [-0.2, -0.15) is 5.26 Å². The van der Waals surface area contributed by atoms with Crippen LogP contribution in [0.25, 0.3) is 10.9 Å². The Morgan fingerprint density at radius 2 is 2.04 bits per heavy atom. The minimum atomic E-state index is 0.587. The lowest BCUT2D eigenvalue weighted by Gasteiger charge is -2.16. The van der Waals surface area contributed by atoms with E-state index in [4.69, 9.17) is 14.7 Å². The lowest BCUT2D eigenvalue weighted by Crippen LogP contribution is -2.21. The lowest BCUT2D eigenvalue weighted by atomic mass is 10.1. The monoisotopic (exact) mass is 325 g/mol. The summed E-state index contributed by atoms with van der Waals surface area (Å²) in [6.45, 7) is 6.10. The number of methoxy groups -OCH3 is 1. The van der Waals surface area contributed by atoms with Gasteiger partial charge in [-0.05, 0) is 50.9 Å². The smallest absolute Gasteiger partial charge is 0.163 e. The van der Waals surface area contributed by atoms with Gasteiger partial charge in [0.15, 0.2) is 11.5 Å². The summed E-state index contributed by atoms with van der Waals surface area (Å²) in [4.78, 5) is 6.86. The first-order valence-electron chi connectivity index (χ1n) is 8.45. The van der Waals surface area contributed by atoms with Gasteiger partial charge in [0.1, 0.15) is 6.07 Å². The SMILES string of the molecule is COc1cc2c(C)c(C#N)cnc2cc1OCCCN1CCCC1. The first kappa shape index (κ1) is 16.5. The number of benzene rings is 1. The van der Waals surface area contributed by atoms with Gasteiger partial charge >= 0.3 is 0 Å². The van der Waals surface area contributed by atoms with Gasteiger partial charge in [0.25, 0.3) is 0 Å². The molecule has 1 aliphatic heterocycles. The molecule has 126 valence electrons. The Balaban J connectivity index is 1.73. The minimum Gasteiger partial charge on any atom is -0.493 e. The van der Waals surface area contributed by atoms with Crippen LogP contribution in [0.1, 0.15) is 30.4 Å². The van der Waals surface area contributed by atoms with Crippen molar-refractivity contribution >= 4 is 10.9 Å². The van der Waals surface area contributed by atoms with Crippen molar-refractivity contribution < 1.29 is 9.47 Å². The van der Waals surface area contributed by atoms with Crippen molar-refractivity contribution in [2.24, 2.45) is 0 Å². The minimum absolute atomic E-state index is 0.587. The van der Waals surface area contributed by atoms with Crippen LogP contribution in [0.2, 0.25) is 0 Å². The van der Waals surface area contributed by atoms with E-state index in [-0.39, 0.29) is 0 Å². The van der Waals surface area contributed by atoms with Crippen molar-refractivity contribution in [1.29, 1.82) is 5.26 Å². The predicted molar refractivity (Wildman–Crippen MR) is 93.5 cm³/mol.